The van der Waals surface area contributed by atoms with Crippen LogP contribution in [0.15, 0.2) is 75.1 Å². The van der Waals surface area contributed by atoms with Gasteiger partial charge < -0.3 is 25.1 Å². The Kier molecular flexibility index (Phi) is 10.8. The summed E-state index contributed by atoms with van der Waals surface area (Å²) in [5.41, 5.74) is 5.31. The zero-order chi connectivity index (χ0) is 38.1. The number of guanidine groups is 1. The molecule has 1 saturated carbocycles. The lowest BCUT2D eigenvalue weighted by Gasteiger charge is -2.43. The van der Waals surface area contributed by atoms with Gasteiger partial charge in [0.05, 0.1) is 11.5 Å². The lowest BCUT2D eigenvalue weighted by Crippen LogP contribution is -2.53. The molecule has 3 N–H and O–H groups in total. The first-order valence-corrected chi connectivity index (χ1v) is 20.1. The van der Waals surface area contributed by atoms with Crippen molar-refractivity contribution in [1.29, 1.82) is 0 Å². The van der Waals surface area contributed by atoms with Crippen molar-refractivity contribution in [3.63, 3.8) is 0 Å². The number of carbonyl (C=O) groups is 3. The summed E-state index contributed by atoms with van der Waals surface area (Å²) in [6.45, 7) is 10.8. The molecule has 55 heavy (non-hydrogen) atoms. The summed E-state index contributed by atoms with van der Waals surface area (Å²) in [7, 11) is 0. The fourth-order valence-electron chi connectivity index (χ4n) is 9.32. The second kappa shape index (κ2) is 16.1. The topological polar surface area (TPSA) is 146 Å². The number of benzene rings is 1. The molecule has 6 aliphatic rings. The van der Waals surface area contributed by atoms with Crippen LogP contribution in [-0.4, -0.2) is 119 Å². The summed E-state index contributed by atoms with van der Waals surface area (Å²) >= 11 is 0. The molecule has 0 bridgehead atoms. The molecular weight excluding hydrogens is 695 g/mol. The van der Waals surface area contributed by atoms with E-state index in [2.05, 4.69) is 65.6 Å². The van der Waals surface area contributed by atoms with Crippen molar-refractivity contribution in [3.8, 4) is 0 Å². The molecule has 0 radical (unpaired) electrons. The Morgan fingerprint density at radius 2 is 1.65 bits per heavy atom. The number of imide groups is 1. The summed E-state index contributed by atoms with van der Waals surface area (Å²) in [5, 5.41) is 16.1. The third-order valence-electron chi connectivity index (χ3n) is 12.5. The molecule has 3 amide bonds. The number of carbonyl (C=O) groups excluding carboxylic acids is 3. The van der Waals surface area contributed by atoms with Gasteiger partial charge in [0.25, 0.3) is 5.91 Å². The van der Waals surface area contributed by atoms with Crippen LogP contribution in [0, 0.1) is 0 Å². The second-order valence-corrected chi connectivity index (χ2v) is 15.9. The second-order valence-electron chi connectivity index (χ2n) is 15.9. The van der Waals surface area contributed by atoms with Gasteiger partial charge in [-0.1, -0.05) is 31.0 Å². The molecule has 1 aromatic carbocycles. The van der Waals surface area contributed by atoms with Crippen molar-refractivity contribution in [2.24, 2.45) is 9.98 Å². The average Bonchev–Trinajstić information content (AvgIpc) is 3.73. The van der Waals surface area contributed by atoms with E-state index in [1.54, 1.807) is 13.1 Å². The molecule has 2 aromatic rings. The first-order valence-electron chi connectivity index (χ1n) is 20.1. The maximum absolute atomic E-state index is 13.6. The van der Waals surface area contributed by atoms with Crippen molar-refractivity contribution in [2.45, 2.75) is 95.8 Å². The van der Waals surface area contributed by atoms with Crippen molar-refractivity contribution in [2.75, 3.05) is 56.0 Å². The first kappa shape index (κ1) is 37.1. The number of aliphatic imine (C=N–C) groups is 2. The van der Waals surface area contributed by atoms with Gasteiger partial charge >= 0.3 is 0 Å². The smallest absolute Gasteiger partial charge is 0.259 e. The van der Waals surface area contributed by atoms with Crippen LogP contribution in [0.25, 0.3) is 0 Å². The third kappa shape index (κ3) is 7.95. The lowest BCUT2D eigenvalue weighted by atomic mass is 9.90. The van der Waals surface area contributed by atoms with Crippen LogP contribution in [-0.2, 0) is 20.8 Å². The van der Waals surface area contributed by atoms with Crippen molar-refractivity contribution >= 4 is 41.4 Å². The van der Waals surface area contributed by atoms with E-state index in [9.17, 15) is 19.5 Å². The van der Waals surface area contributed by atoms with Crippen molar-refractivity contribution in [3.05, 3.63) is 76.2 Å². The number of hydrogen-bond acceptors (Lipinski definition) is 11. The molecule has 2 atom stereocenters. The van der Waals surface area contributed by atoms with E-state index in [0.29, 0.717) is 36.2 Å². The van der Waals surface area contributed by atoms with E-state index in [1.807, 2.05) is 24.1 Å². The Hall–Kier alpha value is -4.88. The Balaban J connectivity index is 0.787. The number of allylic oxidation sites excluding steroid dienone is 1. The maximum Gasteiger partial charge on any atom is 0.259 e. The Morgan fingerprint density at radius 1 is 0.909 bits per heavy atom. The monoisotopic (exact) mass is 747 g/mol. The number of aliphatic hydroxyl groups is 1. The number of piperazine rings is 1. The molecule has 0 spiro atoms. The minimum Gasteiger partial charge on any atom is -0.512 e. The minimum absolute atomic E-state index is 0.0345. The number of nitrogens with one attached hydrogen (secondary N) is 2. The number of nitrogens with zero attached hydrogens (tertiary/aromatic N) is 7. The number of rotatable bonds is 8. The number of aliphatic hydroxyl groups excluding tert-OH is 1. The number of pyridine rings is 1. The van der Waals surface area contributed by atoms with E-state index in [4.69, 9.17) is 4.99 Å². The van der Waals surface area contributed by atoms with Gasteiger partial charge in [0, 0.05) is 88.0 Å². The molecule has 6 heterocycles. The van der Waals surface area contributed by atoms with Gasteiger partial charge in [-0.3, -0.25) is 24.6 Å². The third-order valence-corrected chi connectivity index (χ3v) is 12.5. The van der Waals surface area contributed by atoms with Crippen LogP contribution < -0.4 is 15.5 Å². The largest absolute Gasteiger partial charge is 0.512 e. The summed E-state index contributed by atoms with van der Waals surface area (Å²) in [4.78, 5) is 61.1. The molecule has 290 valence electrons. The first-order chi connectivity index (χ1) is 26.7. The number of hydrogen-bond donors (Lipinski definition) is 3. The lowest BCUT2D eigenvalue weighted by molar-refractivity contribution is -0.134. The van der Waals surface area contributed by atoms with Crippen LogP contribution in [0.4, 0.5) is 11.5 Å². The zero-order valence-corrected chi connectivity index (χ0v) is 32.0. The van der Waals surface area contributed by atoms with Crippen LogP contribution in [0.3, 0.4) is 0 Å². The predicted octanol–water partition coefficient (Wildman–Crippen LogP) is 4.54. The van der Waals surface area contributed by atoms with Gasteiger partial charge in [0.15, 0.2) is 6.17 Å². The van der Waals surface area contributed by atoms with Crippen molar-refractivity contribution in [1.82, 2.24) is 25.0 Å². The minimum atomic E-state index is -0.468. The standard InChI is InChI=1S/C42H53N9O4/c1-27-35-26-44-42(47-39(35)51(33-5-3-4-6-33)41(55)38(27)28(2)52)45-36-13-7-29(25-43-36)15-18-48-21-23-50(24-22-48)32-16-19-49(20-17-32)31-10-8-30(9-11-31)34-12-14-37(53)46-40(34)54/h7-11,13,25-26,32-34,39,52H,3-6,12,14-24H2,1-2H3,(H,43,45,47)(H,46,53,54)/b38-28+. The molecule has 2 unspecified atom stereocenters. The van der Waals surface area contributed by atoms with Crippen LogP contribution in [0.2, 0.25) is 0 Å². The highest BCUT2D eigenvalue weighted by Crippen LogP contribution is 2.37. The van der Waals surface area contributed by atoms with Gasteiger partial charge in [-0.05, 0) is 87.3 Å². The normalized spacial score (nSPS) is 25.6. The van der Waals surface area contributed by atoms with Crippen LogP contribution in [0.5, 0.6) is 0 Å². The highest BCUT2D eigenvalue weighted by atomic mass is 16.3. The zero-order valence-electron chi connectivity index (χ0n) is 32.0. The van der Waals surface area contributed by atoms with Crippen molar-refractivity contribution < 1.29 is 19.5 Å². The average molecular weight is 748 g/mol. The number of fused-ring (bicyclic) bond motifs is 1. The summed E-state index contributed by atoms with van der Waals surface area (Å²) in [5.74, 6) is 0.365. The van der Waals surface area contributed by atoms with E-state index in [-0.39, 0.29) is 35.4 Å². The van der Waals surface area contributed by atoms with Gasteiger partial charge in [0.1, 0.15) is 11.6 Å². The van der Waals surface area contributed by atoms with E-state index in [0.717, 1.165) is 107 Å². The molecule has 8 rings (SSSR count). The van der Waals surface area contributed by atoms with E-state index >= 15 is 0 Å². The number of aromatic nitrogens is 1. The molecule has 1 aromatic heterocycles. The maximum atomic E-state index is 13.6. The number of anilines is 2. The fraction of sp³-hybridized carbons (Fsp3) is 0.524. The Labute approximate surface area is 323 Å². The molecule has 3 saturated heterocycles. The number of amides is 3. The molecule has 5 aliphatic heterocycles. The molecule has 13 nitrogen and oxygen atoms in total. The van der Waals surface area contributed by atoms with Gasteiger partial charge in [-0.25, -0.2) is 15.0 Å². The van der Waals surface area contributed by atoms with Crippen LogP contribution >= 0.6 is 0 Å². The van der Waals surface area contributed by atoms with Crippen LogP contribution in [0.1, 0.15) is 82.3 Å². The van der Waals surface area contributed by atoms with E-state index < -0.39 is 6.17 Å². The molecular formula is C42H53N9O4. The van der Waals surface area contributed by atoms with E-state index in [1.165, 1.54) is 11.3 Å². The Morgan fingerprint density at radius 3 is 2.33 bits per heavy atom. The molecule has 4 fully saturated rings. The quantitative estimate of drug-likeness (QED) is 0.201. The Bertz CT molecular complexity index is 1890. The van der Waals surface area contributed by atoms with Gasteiger partial charge in [-0.2, -0.15) is 0 Å². The van der Waals surface area contributed by atoms with Gasteiger partial charge in [-0.15, -0.1) is 0 Å². The fourth-order valence-corrected chi connectivity index (χ4v) is 9.32. The van der Waals surface area contributed by atoms with Gasteiger partial charge in [0.2, 0.25) is 17.8 Å². The SMILES string of the molecule is CC1=C2C=NC(Nc3ccc(CCN4CCN(C5CCN(c6ccc(C7CCC(=O)NC7=O)cc6)CC5)CC4)cn3)=NC2N(C2CCCC2)C(=O)/C1=C(\C)O. The number of piperidine rings is 2. The highest BCUT2D eigenvalue weighted by Gasteiger charge is 2.42. The predicted molar refractivity (Wildman–Crippen MR) is 213 cm³/mol. The highest BCUT2D eigenvalue weighted by molar-refractivity contribution is 6.09. The summed E-state index contributed by atoms with van der Waals surface area (Å²) < 4.78 is 0. The molecule has 1 aliphatic carbocycles. The summed E-state index contributed by atoms with van der Waals surface area (Å²) in [6.07, 6.45) is 11.5. The summed E-state index contributed by atoms with van der Waals surface area (Å²) in [6, 6.07) is 13.1. The molecule has 13 heteroatoms.